The molecule has 0 aliphatic rings. The van der Waals surface area contributed by atoms with Gasteiger partial charge in [0.1, 0.15) is 0 Å². The Morgan fingerprint density at radius 1 is 1.47 bits per heavy atom. The van der Waals surface area contributed by atoms with Gasteiger partial charge in [-0.05, 0) is 40.2 Å². The van der Waals surface area contributed by atoms with E-state index in [-0.39, 0.29) is 10.0 Å². The van der Waals surface area contributed by atoms with Crippen molar-refractivity contribution in [3.05, 3.63) is 28.0 Å². The first-order valence-corrected chi connectivity index (χ1v) is 7.19. The predicted octanol–water partition coefficient (Wildman–Crippen LogP) is 4.57. The van der Waals surface area contributed by atoms with Gasteiger partial charge in [-0.15, -0.1) is 11.8 Å². The Kier molecular flexibility index (Phi) is 5.98. The van der Waals surface area contributed by atoms with Crippen molar-refractivity contribution in [2.45, 2.75) is 31.1 Å². The third-order valence-corrected chi connectivity index (χ3v) is 4.18. The Morgan fingerprint density at radius 3 is 2.76 bits per heavy atom. The molecular weight excluding hydrogens is 307 g/mol. The number of aromatic carboxylic acids is 1. The molecule has 1 N–H and O–H groups in total. The van der Waals surface area contributed by atoms with Gasteiger partial charge in [-0.2, -0.15) is 0 Å². The fourth-order valence-electron chi connectivity index (χ4n) is 1.34. The van der Waals surface area contributed by atoms with Crippen LogP contribution in [0.3, 0.4) is 0 Å². The van der Waals surface area contributed by atoms with Crippen LogP contribution in [0.15, 0.2) is 21.5 Å². The maximum Gasteiger partial charge on any atom is 0.336 e. The van der Waals surface area contributed by atoms with Crippen molar-refractivity contribution in [1.29, 1.82) is 0 Å². The number of carboxylic acids is 1. The largest absolute Gasteiger partial charge is 0.478 e. The Bertz CT molecular complexity index is 410. The summed E-state index contributed by atoms with van der Waals surface area (Å²) in [6, 6.07) is 2.96. The maximum atomic E-state index is 13.8. The number of benzene rings is 1. The lowest BCUT2D eigenvalue weighted by atomic mass is 10.2. The Morgan fingerprint density at radius 2 is 2.18 bits per heavy atom. The second-order valence-corrected chi connectivity index (χ2v) is 5.53. The first-order chi connectivity index (χ1) is 8.07. The van der Waals surface area contributed by atoms with Crippen molar-refractivity contribution in [1.82, 2.24) is 0 Å². The molecule has 1 aromatic rings. The Labute approximate surface area is 113 Å². The summed E-state index contributed by atoms with van der Waals surface area (Å²) in [6.45, 7) is 2.11. The number of unbranched alkanes of at least 4 members (excludes halogenated alkanes) is 2. The van der Waals surface area contributed by atoms with E-state index in [2.05, 4.69) is 22.9 Å². The summed E-state index contributed by atoms with van der Waals surface area (Å²) in [5, 5.41) is 8.82. The highest BCUT2D eigenvalue weighted by Gasteiger charge is 2.15. The van der Waals surface area contributed by atoms with Crippen molar-refractivity contribution in [3.63, 3.8) is 0 Å². The molecule has 0 aromatic heterocycles. The minimum atomic E-state index is -1.13. The zero-order chi connectivity index (χ0) is 12.8. The second kappa shape index (κ2) is 7.01. The molecule has 0 heterocycles. The van der Waals surface area contributed by atoms with Crippen LogP contribution in [0.4, 0.5) is 4.39 Å². The van der Waals surface area contributed by atoms with Crippen LogP contribution in [0.1, 0.15) is 36.5 Å². The minimum Gasteiger partial charge on any atom is -0.478 e. The van der Waals surface area contributed by atoms with Gasteiger partial charge in [0.2, 0.25) is 0 Å². The standard InChI is InChI=1S/C12H14BrFO2S/c1-2-3-4-7-17-9-6-5-8(12(15)16)10(13)11(9)14/h5-6H,2-4,7H2,1H3,(H,15,16). The minimum absolute atomic E-state index is 0.0329. The first kappa shape index (κ1) is 14.5. The van der Waals surface area contributed by atoms with E-state index in [9.17, 15) is 9.18 Å². The van der Waals surface area contributed by atoms with Crippen LogP contribution in [0.5, 0.6) is 0 Å². The van der Waals surface area contributed by atoms with E-state index >= 15 is 0 Å². The number of halogens is 2. The van der Waals surface area contributed by atoms with E-state index in [4.69, 9.17) is 5.11 Å². The molecule has 17 heavy (non-hydrogen) atoms. The molecule has 0 aliphatic heterocycles. The van der Waals surface area contributed by atoms with E-state index < -0.39 is 11.8 Å². The molecule has 94 valence electrons. The lowest BCUT2D eigenvalue weighted by Gasteiger charge is -2.06. The average Bonchev–Trinajstić information content (AvgIpc) is 2.29. The fraction of sp³-hybridized carbons (Fsp3) is 0.417. The van der Waals surface area contributed by atoms with Crippen LogP contribution in [0, 0.1) is 5.82 Å². The van der Waals surface area contributed by atoms with Crippen LogP contribution in [0.25, 0.3) is 0 Å². The Hall–Kier alpha value is -0.550. The monoisotopic (exact) mass is 320 g/mol. The van der Waals surface area contributed by atoms with Crippen molar-refractivity contribution in [2.75, 3.05) is 5.75 Å². The smallest absolute Gasteiger partial charge is 0.336 e. The zero-order valence-electron chi connectivity index (χ0n) is 9.50. The fourth-order valence-corrected chi connectivity index (χ4v) is 2.95. The summed E-state index contributed by atoms with van der Waals surface area (Å²) in [7, 11) is 0. The third kappa shape index (κ3) is 4.00. The number of thioether (sulfide) groups is 1. The van der Waals surface area contributed by atoms with E-state index in [0.29, 0.717) is 4.90 Å². The topological polar surface area (TPSA) is 37.3 Å². The summed E-state index contributed by atoms with van der Waals surface area (Å²) < 4.78 is 13.8. The van der Waals surface area contributed by atoms with E-state index in [1.807, 2.05) is 0 Å². The lowest BCUT2D eigenvalue weighted by molar-refractivity contribution is 0.0695. The van der Waals surface area contributed by atoms with Gasteiger partial charge in [0, 0.05) is 4.90 Å². The van der Waals surface area contributed by atoms with E-state index in [1.54, 1.807) is 0 Å². The van der Waals surface area contributed by atoms with Crippen molar-refractivity contribution in [3.8, 4) is 0 Å². The normalized spacial score (nSPS) is 10.5. The highest BCUT2D eigenvalue weighted by Crippen LogP contribution is 2.30. The molecule has 0 aliphatic carbocycles. The molecule has 0 fully saturated rings. The number of rotatable bonds is 6. The van der Waals surface area contributed by atoms with Crippen molar-refractivity contribution >= 4 is 33.7 Å². The van der Waals surface area contributed by atoms with Gasteiger partial charge < -0.3 is 5.11 Å². The molecule has 0 unspecified atom stereocenters. The summed E-state index contributed by atoms with van der Waals surface area (Å²) in [6.07, 6.45) is 3.30. The van der Waals surface area contributed by atoms with Gasteiger partial charge in [-0.1, -0.05) is 19.8 Å². The first-order valence-electron chi connectivity index (χ1n) is 5.42. The predicted molar refractivity (Wildman–Crippen MR) is 71.3 cm³/mol. The second-order valence-electron chi connectivity index (χ2n) is 3.60. The third-order valence-electron chi connectivity index (χ3n) is 2.28. The van der Waals surface area contributed by atoms with Gasteiger partial charge in [-0.3, -0.25) is 0 Å². The molecule has 0 saturated carbocycles. The Balaban J connectivity index is 2.75. The number of carbonyl (C=O) groups is 1. The lowest BCUT2D eigenvalue weighted by Crippen LogP contribution is -2.00. The van der Waals surface area contributed by atoms with Crippen LogP contribution in [-0.2, 0) is 0 Å². The number of hydrogen-bond donors (Lipinski definition) is 1. The van der Waals surface area contributed by atoms with Crippen molar-refractivity contribution in [2.24, 2.45) is 0 Å². The van der Waals surface area contributed by atoms with Crippen LogP contribution >= 0.6 is 27.7 Å². The van der Waals surface area contributed by atoms with Crippen LogP contribution < -0.4 is 0 Å². The average molecular weight is 321 g/mol. The van der Waals surface area contributed by atoms with Gasteiger partial charge in [0.15, 0.2) is 5.82 Å². The molecule has 1 rings (SSSR count). The molecular formula is C12H14BrFO2S. The summed E-state index contributed by atoms with van der Waals surface area (Å²) >= 11 is 4.41. The molecule has 0 spiro atoms. The summed E-state index contributed by atoms with van der Waals surface area (Å²) in [5.74, 6) is -0.756. The quantitative estimate of drug-likeness (QED) is 0.616. The molecule has 1 aromatic carbocycles. The van der Waals surface area contributed by atoms with Gasteiger partial charge >= 0.3 is 5.97 Å². The van der Waals surface area contributed by atoms with Gasteiger partial charge in [-0.25, -0.2) is 9.18 Å². The summed E-state index contributed by atoms with van der Waals surface area (Å²) in [5.41, 5.74) is -0.0413. The molecule has 2 nitrogen and oxygen atoms in total. The molecule has 5 heteroatoms. The molecule has 0 radical (unpaired) electrons. The van der Waals surface area contributed by atoms with Crippen molar-refractivity contribution < 1.29 is 14.3 Å². The number of hydrogen-bond acceptors (Lipinski definition) is 2. The molecule has 0 bridgehead atoms. The van der Waals surface area contributed by atoms with Crippen LogP contribution in [0.2, 0.25) is 0 Å². The van der Waals surface area contributed by atoms with E-state index in [0.717, 1.165) is 25.0 Å². The van der Waals surface area contributed by atoms with E-state index in [1.165, 1.54) is 23.9 Å². The highest BCUT2D eigenvalue weighted by atomic mass is 79.9. The summed E-state index contributed by atoms with van der Waals surface area (Å²) in [4.78, 5) is 11.3. The number of carboxylic acid groups (broad SMARTS) is 1. The van der Waals surface area contributed by atoms with Crippen LogP contribution in [-0.4, -0.2) is 16.8 Å². The van der Waals surface area contributed by atoms with Gasteiger partial charge in [0.25, 0.3) is 0 Å². The zero-order valence-corrected chi connectivity index (χ0v) is 11.9. The maximum absolute atomic E-state index is 13.8. The highest BCUT2D eigenvalue weighted by molar-refractivity contribution is 9.10. The van der Waals surface area contributed by atoms with Gasteiger partial charge in [0.05, 0.1) is 10.0 Å². The molecule has 0 atom stereocenters. The molecule has 0 saturated heterocycles. The SMILES string of the molecule is CCCCCSc1ccc(C(=O)O)c(Br)c1F. The molecule has 0 amide bonds.